The summed E-state index contributed by atoms with van der Waals surface area (Å²) in [5.41, 5.74) is 1.77. The third-order valence-electron chi connectivity index (χ3n) is 4.74. The van der Waals surface area contributed by atoms with E-state index in [4.69, 9.17) is 11.6 Å². The normalized spacial score (nSPS) is 20.5. The number of amides is 2. The molecule has 2 rings (SSSR count). The number of hydrogen-bond donors (Lipinski definition) is 2. The fraction of sp³-hybridized carbons (Fsp3) is 0.579. The number of nitrogens with one attached hydrogen (secondary N) is 2. The van der Waals surface area contributed by atoms with E-state index in [0.717, 1.165) is 56.3 Å². The summed E-state index contributed by atoms with van der Waals surface area (Å²) in [6.45, 7) is 4.79. The van der Waals surface area contributed by atoms with Gasteiger partial charge in [0.05, 0.1) is 0 Å². The number of halogens is 1. The van der Waals surface area contributed by atoms with Crippen LogP contribution in [0.15, 0.2) is 18.2 Å². The fourth-order valence-corrected chi connectivity index (χ4v) is 3.38. The van der Waals surface area contributed by atoms with Crippen molar-refractivity contribution in [2.45, 2.75) is 52.4 Å². The second-order valence-corrected chi connectivity index (χ2v) is 7.08. The molecule has 24 heavy (non-hydrogen) atoms. The summed E-state index contributed by atoms with van der Waals surface area (Å²) >= 11 is 5.94. The van der Waals surface area contributed by atoms with Crippen LogP contribution in [0.25, 0.3) is 0 Å². The quantitative estimate of drug-likeness (QED) is 0.751. The zero-order chi connectivity index (χ0) is 17.5. The summed E-state index contributed by atoms with van der Waals surface area (Å²) in [6.07, 6.45) is 5.21. The van der Waals surface area contributed by atoms with Gasteiger partial charge in [0.25, 0.3) is 0 Å². The molecule has 4 nitrogen and oxygen atoms in total. The van der Waals surface area contributed by atoms with Crippen molar-refractivity contribution in [3.05, 3.63) is 28.8 Å². The number of carbonyl (C=O) groups excluding carboxylic acids is 2. The second-order valence-electron chi connectivity index (χ2n) is 6.64. The van der Waals surface area contributed by atoms with Gasteiger partial charge < -0.3 is 10.6 Å². The number of benzene rings is 1. The van der Waals surface area contributed by atoms with Crippen molar-refractivity contribution in [3.8, 4) is 0 Å². The van der Waals surface area contributed by atoms with E-state index < -0.39 is 0 Å². The molecule has 2 N–H and O–H groups in total. The molecule has 0 aromatic heterocycles. The van der Waals surface area contributed by atoms with Crippen LogP contribution in [-0.4, -0.2) is 18.4 Å². The topological polar surface area (TPSA) is 58.2 Å². The van der Waals surface area contributed by atoms with Crippen molar-refractivity contribution < 1.29 is 9.59 Å². The standard InChI is InChI=1S/C19H27ClN2O2/c1-3-4-11-21-18(23)14-5-7-15(8-6-14)19(24)22-17-10-9-16(20)12-13(17)2/h9-10,12,14-15H,3-8,11H2,1-2H3,(H,21,23)(H,22,24). The predicted octanol–water partition coefficient (Wildman–Crippen LogP) is 4.31. The number of carbonyl (C=O) groups is 2. The molecular weight excluding hydrogens is 324 g/mol. The SMILES string of the molecule is CCCCNC(=O)C1CCC(C(=O)Nc2ccc(Cl)cc2C)CC1. The number of unbranched alkanes of at least 4 members (excludes halogenated alkanes) is 1. The van der Waals surface area contributed by atoms with Crippen LogP contribution in [0.1, 0.15) is 51.0 Å². The van der Waals surface area contributed by atoms with Crippen molar-refractivity contribution in [3.63, 3.8) is 0 Å². The van der Waals surface area contributed by atoms with E-state index >= 15 is 0 Å². The van der Waals surface area contributed by atoms with Gasteiger partial charge in [-0.2, -0.15) is 0 Å². The maximum Gasteiger partial charge on any atom is 0.227 e. The molecular formula is C19H27ClN2O2. The Hall–Kier alpha value is -1.55. The number of rotatable bonds is 6. The minimum absolute atomic E-state index is 0.0141. The summed E-state index contributed by atoms with van der Waals surface area (Å²) in [6, 6.07) is 5.46. The maximum absolute atomic E-state index is 12.4. The van der Waals surface area contributed by atoms with Crippen LogP contribution in [0, 0.1) is 18.8 Å². The Kier molecular flexibility index (Phi) is 7.10. The minimum Gasteiger partial charge on any atom is -0.356 e. The molecule has 1 aromatic carbocycles. The Morgan fingerprint density at radius 3 is 2.33 bits per heavy atom. The van der Waals surface area contributed by atoms with Crippen molar-refractivity contribution in [2.75, 3.05) is 11.9 Å². The van der Waals surface area contributed by atoms with E-state index in [9.17, 15) is 9.59 Å². The van der Waals surface area contributed by atoms with Crippen LogP contribution in [0.2, 0.25) is 5.02 Å². The molecule has 0 saturated heterocycles. The van der Waals surface area contributed by atoms with E-state index in [0.29, 0.717) is 5.02 Å². The second kappa shape index (κ2) is 9.07. The molecule has 1 aliphatic carbocycles. The molecule has 1 saturated carbocycles. The molecule has 0 bridgehead atoms. The van der Waals surface area contributed by atoms with Crippen molar-refractivity contribution in [1.82, 2.24) is 5.32 Å². The molecule has 0 aliphatic heterocycles. The molecule has 1 aromatic rings. The summed E-state index contributed by atoms with van der Waals surface area (Å²) in [7, 11) is 0. The van der Waals surface area contributed by atoms with Crippen LogP contribution in [0.5, 0.6) is 0 Å². The fourth-order valence-electron chi connectivity index (χ4n) is 3.15. The highest BCUT2D eigenvalue weighted by Gasteiger charge is 2.29. The Labute approximate surface area is 149 Å². The average molecular weight is 351 g/mol. The average Bonchev–Trinajstić information content (AvgIpc) is 2.57. The largest absolute Gasteiger partial charge is 0.356 e. The predicted molar refractivity (Wildman–Crippen MR) is 98.2 cm³/mol. The van der Waals surface area contributed by atoms with Crippen molar-refractivity contribution in [1.29, 1.82) is 0 Å². The van der Waals surface area contributed by atoms with Crippen molar-refractivity contribution >= 4 is 29.1 Å². The highest BCUT2D eigenvalue weighted by Crippen LogP contribution is 2.30. The van der Waals surface area contributed by atoms with Crippen LogP contribution in [-0.2, 0) is 9.59 Å². The van der Waals surface area contributed by atoms with Gasteiger partial charge in [0.1, 0.15) is 0 Å². The van der Waals surface area contributed by atoms with Gasteiger partial charge in [-0.25, -0.2) is 0 Å². The highest BCUT2D eigenvalue weighted by molar-refractivity contribution is 6.30. The molecule has 0 atom stereocenters. The van der Waals surface area contributed by atoms with Crippen LogP contribution in [0.3, 0.4) is 0 Å². The first kappa shape index (κ1) is 18.8. The van der Waals surface area contributed by atoms with Crippen LogP contribution in [0.4, 0.5) is 5.69 Å². The van der Waals surface area contributed by atoms with E-state index in [1.165, 1.54) is 0 Å². The zero-order valence-corrected chi connectivity index (χ0v) is 15.3. The first-order valence-corrected chi connectivity index (χ1v) is 9.23. The number of anilines is 1. The summed E-state index contributed by atoms with van der Waals surface area (Å²) in [5, 5.41) is 6.66. The molecule has 0 unspecified atom stereocenters. The molecule has 132 valence electrons. The lowest BCUT2D eigenvalue weighted by atomic mass is 9.81. The maximum atomic E-state index is 12.4. The third kappa shape index (κ3) is 5.23. The summed E-state index contributed by atoms with van der Waals surface area (Å²) in [5.74, 6) is 0.240. The molecule has 0 spiro atoms. The van der Waals surface area contributed by atoms with Gasteiger partial charge in [0.2, 0.25) is 11.8 Å². The van der Waals surface area contributed by atoms with E-state index in [2.05, 4.69) is 17.6 Å². The monoisotopic (exact) mass is 350 g/mol. The number of hydrogen-bond acceptors (Lipinski definition) is 2. The van der Waals surface area contributed by atoms with Gasteiger partial charge in [0.15, 0.2) is 0 Å². The highest BCUT2D eigenvalue weighted by atomic mass is 35.5. The molecule has 1 fully saturated rings. The molecule has 5 heteroatoms. The van der Waals surface area contributed by atoms with Gasteiger partial charge >= 0.3 is 0 Å². The first-order valence-electron chi connectivity index (χ1n) is 8.86. The number of aryl methyl sites for hydroxylation is 1. The van der Waals surface area contributed by atoms with Crippen LogP contribution >= 0.6 is 11.6 Å². The Bertz CT molecular complexity index is 581. The van der Waals surface area contributed by atoms with Crippen LogP contribution < -0.4 is 10.6 Å². The Morgan fingerprint density at radius 1 is 1.12 bits per heavy atom. The molecule has 1 aliphatic rings. The van der Waals surface area contributed by atoms with Crippen molar-refractivity contribution in [2.24, 2.45) is 11.8 Å². The smallest absolute Gasteiger partial charge is 0.227 e. The molecule has 0 radical (unpaired) electrons. The molecule has 2 amide bonds. The van der Waals surface area contributed by atoms with E-state index in [1.807, 2.05) is 19.1 Å². The van der Waals surface area contributed by atoms with Gasteiger partial charge in [-0.15, -0.1) is 0 Å². The molecule has 0 heterocycles. The van der Waals surface area contributed by atoms with Gasteiger partial charge in [-0.05, 0) is 62.8 Å². The zero-order valence-electron chi connectivity index (χ0n) is 14.5. The van der Waals surface area contributed by atoms with E-state index in [-0.39, 0.29) is 23.7 Å². The van der Waals surface area contributed by atoms with Gasteiger partial charge in [0, 0.05) is 29.1 Å². The van der Waals surface area contributed by atoms with Gasteiger partial charge in [-0.3, -0.25) is 9.59 Å². The minimum atomic E-state index is -0.0141. The summed E-state index contributed by atoms with van der Waals surface area (Å²) < 4.78 is 0. The lowest BCUT2D eigenvalue weighted by Crippen LogP contribution is -2.35. The lowest BCUT2D eigenvalue weighted by Gasteiger charge is -2.27. The third-order valence-corrected chi connectivity index (χ3v) is 4.98. The summed E-state index contributed by atoms with van der Waals surface area (Å²) in [4.78, 5) is 24.5. The Morgan fingerprint density at radius 2 is 1.75 bits per heavy atom. The first-order chi connectivity index (χ1) is 11.5. The lowest BCUT2D eigenvalue weighted by molar-refractivity contribution is -0.128. The van der Waals surface area contributed by atoms with Gasteiger partial charge in [-0.1, -0.05) is 24.9 Å². The van der Waals surface area contributed by atoms with E-state index in [1.54, 1.807) is 6.07 Å². The Balaban J connectivity index is 1.81.